The van der Waals surface area contributed by atoms with Crippen molar-refractivity contribution in [3.05, 3.63) is 77.1 Å². The lowest BCUT2D eigenvalue weighted by molar-refractivity contribution is -0.161. The molecule has 0 bridgehead atoms. The van der Waals surface area contributed by atoms with E-state index in [9.17, 15) is 14.7 Å². The number of aliphatic hydroxyl groups excluding tert-OH is 1. The Morgan fingerprint density at radius 3 is 2.41 bits per heavy atom. The summed E-state index contributed by atoms with van der Waals surface area (Å²) >= 11 is 0. The molecular formula is C28H35NO5. The maximum Gasteiger partial charge on any atom is 0.409 e. The number of carbonyl (C=O) groups is 2. The van der Waals surface area contributed by atoms with Crippen LogP contribution in [-0.2, 0) is 22.4 Å². The summed E-state index contributed by atoms with van der Waals surface area (Å²) in [6.45, 7) is 6.12. The van der Waals surface area contributed by atoms with Crippen molar-refractivity contribution in [2.24, 2.45) is 5.41 Å². The minimum absolute atomic E-state index is 0.132. The predicted octanol–water partition coefficient (Wildman–Crippen LogP) is 6.67. The molecule has 1 aliphatic heterocycles. The Morgan fingerprint density at radius 1 is 1.06 bits per heavy atom. The Bertz CT molecular complexity index is 1040. The molecule has 1 heterocycles. The van der Waals surface area contributed by atoms with Crippen LogP contribution in [0.3, 0.4) is 0 Å². The summed E-state index contributed by atoms with van der Waals surface area (Å²) in [7, 11) is 0. The van der Waals surface area contributed by atoms with Crippen molar-refractivity contribution in [3.63, 3.8) is 0 Å². The van der Waals surface area contributed by atoms with Gasteiger partial charge in [-0.25, -0.2) is 9.59 Å². The first kappa shape index (κ1) is 25.3. The normalized spacial score (nSPS) is 18.5. The van der Waals surface area contributed by atoms with Crippen LogP contribution in [0, 0.1) is 5.41 Å². The van der Waals surface area contributed by atoms with Crippen molar-refractivity contribution in [2.45, 2.75) is 71.3 Å². The number of nitrogens with one attached hydrogen (secondary N) is 1. The molecule has 0 radical (unpaired) electrons. The first-order valence-electron chi connectivity index (χ1n) is 11.9. The minimum Gasteiger partial charge on any atom is -0.512 e. The van der Waals surface area contributed by atoms with Crippen LogP contribution >= 0.6 is 0 Å². The first-order valence-corrected chi connectivity index (χ1v) is 11.9. The van der Waals surface area contributed by atoms with Crippen molar-refractivity contribution < 1.29 is 24.5 Å². The van der Waals surface area contributed by atoms with E-state index in [-0.39, 0.29) is 11.2 Å². The number of ether oxygens (including phenoxy) is 1. The van der Waals surface area contributed by atoms with Crippen LogP contribution in [0.4, 0.5) is 10.5 Å². The van der Waals surface area contributed by atoms with Gasteiger partial charge in [0, 0.05) is 12.1 Å². The van der Waals surface area contributed by atoms with Crippen molar-refractivity contribution in [3.8, 4) is 0 Å². The van der Waals surface area contributed by atoms with E-state index in [1.165, 1.54) is 5.56 Å². The molecule has 0 fully saturated rings. The highest BCUT2D eigenvalue weighted by Crippen LogP contribution is 2.40. The number of anilines is 1. The van der Waals surface area contributed by atoms with E-state index in [1.807, 2.05) is 38.1 Å². The zero-order chi connectivity index (χ0) is 24.8. The van der Waals surface area contributed by atoms with Gasteiger partial charge in [0.25, 0.3) is 0 Å². The SMILES string of the molecule is CCCC1(CCc2ccccc2)CC(O)=C(CC(C)(C)Cc2cccc(NC(=O)O)c2)C(=O)O1. The van der Waals surface area contributed by atoms with Crippen LogP contribution in [0.2, 0.25) is 0 Å². The van der Waals surface area contributed by atoms with E-state index in [4.69, 9.17) is 9.84 Å². The molecule has 6 heteroatoms. The van der Waals surface area contributed by atoms with Crippen LogP contribution < -0.4 is 5.32 Å². The van der Waals surface area contributed by atoms with E-state index >= 15 is 0 Å². The van der Waals surface area contributed by atoms with Crippen molar-refractivity contribution in [2.75, 3.05) is 5.32 Å². The van der Waals surface area contributed by atoms with Gasteiger partial charge in [-0.05, 0) is 60.8 Å². The third kappa shape index (κ3) is 6.86. The second kappa shape index (κ2) is 10.8. The van der Waals surface area contributed by atoms with E-state index in [0.717, 1.165) is 18.4 Å². The molecule has 3 rings (SSSR count). The van der Waals surface area contributed by atoms with Gasteiger partial charge in [0.2, 0.25) is 0 Å². The highest BCUT2D eigenvalue weighted by Gasteiger charge is 2.42. The van der Waals surface area contributed by atoms with E-state index < -0.39 is 17.7 Å². The number of aryl methyl sites for hydroxylation is 1. The Hall–Kier alpha value is -3.28. The summed E-state index contributed by atoms with van der Waals surface area (Å²) in [6, 6.07) is 17.3. The molecule has 0 saturated carbocycles. The van der Waals surface area contributed by atoms with Crippen molar-refractivity contribution in [1.82, 2.24) is 0 Å². The number of amides is 1. The third-order valence-corrected chi connectivity index (χ3v) is 6.33. The number of esters is 1. The molecule has 2 aromatic carbocycles. The van der Waals surface area contributed by atoms with Gasteiger partial charge in [0.1, 0.15) is 11.4 Å². The monoisotopic (exact) mass is 465 g/mol. The van der Waals surface area contributed by atoms with Gasteiger partial charge in [-0.3, -0.25) is 5.32 Å². The van der Waals surface area contributed by atoms with Crippen LogP contribution in [0.25, 0.3) is 0 Å². The summed E-state index contributed by atoms with van der Waals surface area (Å²) in [4.78, 5) is 24.0. The summed E-state index contributed by atoms with van der Waals surface area (Å²) in [6.07, 6.45) is 3.22. The molecule has 2 aromatic rings. The molecular weight excluding hydrogens is 430 g/mol. The van der Waals surface area contributed by atoms with Gasteiger partial charge in [-0.15, -0.1) is 0 Å². The van der Waals surface area contributed by atoms with Gasteiger partial charge in [-0.1, -0.05) is 69.7 Å². The first-order chi connectivity index (χ1) is 16.1. The average Bonchev–Trinajstić information content (AvgIpc) is 2.75. The quantitative estimate of drug-likeness (QED) is 0.341. The summed E-state index contributed by atoms with van der Waals surface area (Å²) in [5, 5.41) is 22.3. The number of carboxylic acid groups (broad SMARTS) is 1. The number of benzene rings is 2. The third-order valence-electron chi connectivity index (χ3n) is 6.33. The van der Waals surface area contributed by atoms with Crippen LogP contribution in [0.15, 0.2) is 65.9 Å². The molecule has 3 N–H and O–H groups in total. The number of aliphatic hydroxyl groups is 1. The molecule has 182 valence electrons. The number of cyclic esters (lactones) is 1. The Morgan fingerprint density at radius 2 is 1.76 bits per heavy atom. The maximum atomic E-state index is 13.1. The van der Waals surface area contributed by atoms with E-state index in [2.05, 4.69) is 24.4 Å². The lowest BCUT2D eigenvalue weighted by atomic mass is 9.77. The summed E-state index contributed by atoms with van der Waals surface area (Å²) in [5.74, 6) is -0.299. The van der Waals surface area contributed by atoms with E-state index in [0.29, 0.717) is 43.4 Å². The largest absolute Gasteiger partial charge is 0.512 e. The van der Waals surface area contributed by atoms with Crippen LogP contribution in [0.1, 0.15) is 64.0 Å². The molecule has 0 saturated heterocycles. The standard InChI is InChI=1S/C28H35NO5/c1-4-14-28(15-13-20-9-6-5-7-10-20)19-24(30)23(25(31)34-28)18-27(2,3)17-21-11-8-12-22(16-21)29-26(32)33/h5-12,16,29-30H,4,13-15,17-19H2,1-3H3,(H,32,33). The maximum absolute atomic E-state index is 13.1. The molecule has 6 nitrogen and oxygen atoms in total. The van der Waals surface area contributed by atoms with Crippen molar-refractivity contribution in [1.29, 1.82) is 0 Å². The lowest BCUT2D eigenvalue weighted by Crippen LogP contribution is -2.41. The summed E-state index contributed by atoms with van der Waals surface area (Å²) < 4.78 is 6.05. The highest BCUT2D eigenvalue weighted by atomic mass is 16.6. The van der Waals surface area contributed by atoms with Crippen molar-refractivity contribution >= 4 is 17.7 Å². The fourth-order valence-electron chi connectivity index (χ4n) is 4.85. The second-order valence-corrected chi connectivity index (χ2v) is 10.1. The summed E-state index contributed by atoms with van der Waals surface area (Å²) in [5.41, 5.74) is 1.95. The smallest absolute Gasteiger partial charge is 0.409 e. The number of hydrogen-bond acceptors (Lipinski definition) is 4. The molecule has 34 heavy (non-hydrogen) atoms. The van der Waals surface area contributed by atoms with Gasteiger partial charge in [0.05, 0.1) is 5.57 Å². The molecule has 0 aliphatic carbocycles. The second-order valence-electron chi connectivity index (χ2n) is 10.1. The zero-order valence-electron chi connectivity index (χ0n) is 20.3. The molecule has 1 unspecified atom stereocenters. The van der Waals surface area contributed by atoms with Gasteiger partial charge >= 0.3 is 12.1 Å². The zero-order valence-corrected chi connectivity index (χ0v) is 20.3. The number of carbonyl (C=O) groups excluding carboxylic acids is 1. The molecule has 1 amide bonds. The minimum atomic E-state index is -1.11. The fraction of sp³-hybridized carbons (Fsp3) is 0.429. The van der Waals surface area contributed by atoms with Gasteiger partial charge < -0.3 is 14.9 Å². The Balaban J connectivity index is 1.73. The average molecular weight is 466 g/mol. The van der Waals surface area contributed by atoms with Crippen LogP contribution in [-0.4, -0.2) is 27.9 Å². The molecule has 0 spiro atoms. The van der Waals surface area contributed by atoms with Crippen LogP contribution in [0.5, 0.6) is 0 Å². The Labute approximate surface area is 201 Å². The van der Waals surface area contributed by atoms with Gasteiger partial charge in [0.15, 0.2) is 0 Å². The molecule has 1 atom stereocenters. The topological polar surface area (TPSA) is 95.9 Å². The highest BCUT2D eigenvalue weighted by molar-refractivity contribution is 5.90. The molecule has 1 aliphatic rings. The molecule has 0 aromatic heterocycles. The number of rotatable bonds is 10. The predicted molar refractivity (Wildman–Crippen MR) is 133 cm³/mol. The lowest BCUT2D eigenvalue weighted by Gasteiger charge is -2.38. The fourth-order valence-corrected chi connectivity index (χ4v) is 4.85. The van der Waals surface area contributed by atoms with E-state index in [1.54, 1.807) is 18.2 Å². The Kier molecular flexibility index (Phi) is 8.02. The van der Waals surface area contributed by atoms with Gasteiger partial charge in [-0.2, -0.15) is 0 Å². The number of hydrogen-bond donors (Lipinski definition) is 3.